The standard InChI is InChI=1S/C26H21N5O3/c1-34-19-11-9-16(10-12-19)14-28-24(32)20-7-4-8-21-23(20)30-26(29-21)31-25(33)22-13-17-5-2-3-6-18(17)15-27-22/h2-13,15H,14H2,1H3,(H,28,32)(H2,29,30,31,33). The highest BCUT2D eigenvalue weighted by Crippen LogP contribution is 2.20. The first-order valence-corrected chi connectivity index (χ1v) is 10.7. The van der Waals surface area contributed by atoms with Crippen LogP contribution in [0.1, 0.15) is 26.4 Å². The maximum Gasteiger partial charge on any atom is 0.276 e. The Morgan fingerprint density at radius 3 is 2.53 bits per heavy atom. The highest BCUT2D eigenvalue weighted by atomic mass is 16.5. The predicted molar refractivity (Wildman–Crippen MR) is 130 cm³/mol. The molecule has 34 heavy (non-hydrogen) atoms. The smallest absolute Gasteiger partial charge is 0.276 e. The van der Waals surface area contributed by atoms with Crippen LogP contribution in [-0.4, -0.2) is 33.9 Å². The van der Waals surface area contributed by atoms with Crippen LogP contribution in [0.15, 0.2) is 79.0 Å². The van der Waals surface area contributed by atoms with Crippen molar-refractivity contribution in [2.24, 2.45) is 0 Å². The summed E-state index contributed by atoms with van der Waals surface area (Å²) >= 11 is 0. The summed E-state index contributed by atoms with van der Waals surface area (Å²) in [5.41, 5.74) is 2.73. The van der Waals surface area contributed by atoms with Crippen LogP contribution in [0.3, 0.4) is 0 Å². The van der Waals surface area contributed by atoms with Gasteiger partial charge in [0.25, 0.3) is 11.8 Å². The van der Waals surface area contributed by atoms with Crippen molar-refractivity contribution in [1.29, 1.82) is 0 Å². The van der Waals surface area contributed by atoms with Gasteiger partial charge in [0.15, 0.2) is 0 Å². The lowest BCUT2D eigenvalue weighted by molar-refractivity contribution is 0.0951. The molecule has 0 radical (unpaired) electrons. The lowest BCUT2D eigenvalue weighted by Crippen LogP contribution is -2.23. The lowest BCUT2D eigenvalue weighted by atomic mass is 10.1. The molecule has 5 aromatic rings. The summed E-state index contributed by atoms with van der Waals surface area (Å²) in [7, 11) is 1.61. The molecule has 3 N–H and O–H groups in total. The molecule has 0 aliphatic carbocycles. The summed E-state index contributed by atoms with van der Waals surface area (Å²) in [5, 5.41) is 7.51. The number of nitrogens with one attached hydrogen (secondary N) is 3. The van der Waals surface area contributed by atoms with Crippen LogP contribution < -0.4 is 15.4 Å². The summed E-state index contributed by atoms with van der Waals surface area (Å²) in [4.78, 5) is 37.3. The Kier molecular flexibility index (Phi) is 5.61. The van der Waals surface area contributed by atoms with Gasteiger partial charge in [-0.3, -0.25) is 19.9 Å². The zero-order chi connectivity index (χ0) is 23.5. The second-order valence-corrected chi connectivity index (χ2v) is 7.69. The van der Waals surface area contributed by atoms with E-state index in [0.717, 1.165) is 22.1 Å². The first-order valence-electron chi connectivity index (χ1n) is 10.7. The molecule has 0 spiro atoms. The third kappa shape index (κ3) is 4.29. The number of methoxy groups -OCH3 is 1. The molecule has 0 saturated heterocycles. The summed E-state index contributed by atoms with van der Waals surface area (Å²) in [6, 6.07) is 22.1. The van der Waals surface area contributed by atoms with Crippen LogP contribution in [0.4, 0.5) is 5.95 Å². The number of carbonyl (C=O) groups is 2. The zero-order valence-electron chi connectivity index (χ0n) is 18.3. The number of amides is 2. The quantitative estimate of drug-likeness (QED) is 0.357. The number of nitrogens with zero attached hydrogens (tertiary/aromatic N) is 2. The van der Waals surface area contributed by atoms with Gasteiger partial charge in [-0.05, 0) is 41.3 Å². The van der Waals surface area contributed by atoms with Crippen LogP contribution in [0.25, 0.3) is 21.8 Å². The van der Waals surface area contributed by atoms with Crippen molar-refractivity contribution in [2.75, 3.05) is 12.4 Å². The number of imidazole rings is 1. The molecule has 5 rings (SSSR count). The van der Waals surface area contributed by atoms with Crippen molar-refractivity contribution >= 4 is 39.6 Å². The second-order valence-electron chi connectivity index (χ2n) is 7.69. The molecule has 0 aliphatic rings. The molecule has 0 aliphatic heterocycles. The van der Waals surface area contributed by atoms with Crippen LogP contribution in [0.5, 0.6) is 5.75 Å². The number of aromatic nitrogens is 3. The van der Waals surface area contributed by atoms with Crippen LogP contribution in [-0.2, 0) is 6.54 Å². The second kappa shape index (κ2) is 9.03. The molecule has 8 heteroatoms. The van der Waals surface area contributed by atoms with Crippen LogP contribution in [0.2, 0.25) is 0 Å². The van der Waals surface area contributed by atoms with Crippen LogP contribution in [0, 0.1) is 0 Å². The normalized spacial score (nSPS) is 10.9. The number of aromatic amines is 1. The number of hydrogen-bond acceptors (Lipinski definition) is 5. The van der Waals surface area contributed by atoms with E-state index in [1.54, 1.807) is 37.6 Å². The van der Waals surface area contributed by atoms with Gasteiger partial charge in [0.05, 0.1) is 18.2 Å². The molecule has 0 atom stereocenters. The highest BCUT2D eigenvalue weighted by molar-refractivity contribution is 6.07. The van der Waals surface area contributed by atoms with E-state index in [9.17, 15) is 9.59 Å². The van der Waals surface area contributed by atoms with Crippen LogP contribution >= 0.6 is 0 Å². The average molecular weight is 451 g/mol. The number of H-pyrrole nitrogens is 1. The SMILES string of the molecule is COc1ccc(CNC(=O)c2cccc3[nH]c(NC(=O)c4cc5ccccc5cn4)nc23)cc1. The van der Waals surface area contributed by atoms with Crippen molar-refractivity contribution in [1.82, 2.24) is 20.3 Å². The molecule has 2 aromatic heterocycles. The number of fused-ring (bicyclic) bond motifs is 2. The topological polar surface area (TPSA) is 109 Å². The minimum Gasteiger partial charge on any atom is -0.497 e. The molecular formula is C26H21N5O3. The molecule has 0 fully saturated rings. The first kappa shape index (κ1) is 21.1. The van der Waals surface area contributed by atoms with Crippen molar-refractivity contribution < 1.29 is 14.3 Å². The molecule has 0 unspecified atom stereocenters. The fraction of sp³-hybridized carbons (Fsp3) is 0.0769. The molecule has 0 bridgehead atoms. The number of rotatable bonds is 6. The van der Waals surface area contributed by atoms with Crippen molar-refractivity contribution in [3.8, 4) is 5.75 Å². The summed E-state index contributed by atoms with van der Waals surface area (Å²) in [6.07, 6.45) is 1.66. The Labute approximate surface area is 195 Å². The maximum absolute atomic E-state index is 12.8. The van der Waals surface area contributed by atoms with Gasteiger partial charge in [-0.1, -0.05) is 42.5 Å². The minimum atomic E-state index is -0.393. The number of hydrogen-bond donors (Lipinski definition) is 3. The van der Waals surface area contributed by atoms with E-state index in [2.05, 4.69) is 25.6 Å². The van der Waals surface area contributed by atoms with Gasteiger partial charge in [-0.25, -0.2) is 4.98 Å². The highest BCUT2D eigenvalue weighted by Gasteiger charge is 2.16. The molecule has 8 nitrogen and oxygen atoms in total. The summed E-state index contributed by atoms with van der Waals surface area (Å²) < 4.78 is 5.16. The van der Waals surface area contributed by atoms with E-state index in [0.29, 0.717) is 23.1 Å². The van der Waals surface area contributed by atoms with Crippen molar-refractivity contribution in [3.05, 3.63) is 95.8 Å². The van der Waals surface area contributed by atoms with Gasteiger partial charge in [0, 0.05) is 18.1 Å². The molecule has 2 amide bonds. The summed E-state index contributed by atoms with van der Waals surface area (Å²) in [6.45, 7) is 0.362. The van der Waals surface area contributed by atoms with Crippen molar-refractivity contribution in [3.63, 3.8) is 0 Å². The summed E-state index contributed by atoms with van der Waals surface area (Å²) in [5.74, 6) is 0.340. The third-order valence-electron chi connectivity index (χ3n) is 5.46. The molecule has 0 saturated carbocycles. The number of benzene rings is 3. The van der Waals surface area contributed by atoms with Gasteiger partial charge >= 0.3 is 0 Å². The zero-order valence-corrected chi connectivity index (χ0v) is 18.3. The van der Waals surface area contributed by atoms with E-state index in [4.69, 9.17) is 4.74 Å². The number of pyridine rings is 1. The Hall–Kier alpha value is -4.72. The van der Waals surface area contributed by atoms with E-state index >= 15 is 0 Å². The Balaban J connectivity index is 1.33. The Bertz CT molecular complexity index is 1510. The molecule has 2 heterocycles. The lowest BCUT2D eigenvalue weighted by Gasteiger charge is -2.07. The fourth-order valence-corrected chi connectivity index (χ4v) is 3.67. The van der Waals surface area contributed by atoms with Crippen molar-refractivity contribution in [2.45, 2.75) is 6.54 Å². The first-order chi connectivity index (χ1) is 16.6. The third-order valence-corrected chi connectivity index (χ3v) is 5.46. The number of carbonyl (C=O) groups excluding carboxylic acids is 2. The Morgan fingerprint density at radius 1 is 0.941 bits per heavy atom. The minimum absolute atomic E-state index is 0.241. The predicted octanol–water partition coefficient (Wildman–Crippen LogP) is 4.30. The largest absolute Gasteiger partial charge is 0.497 e. The van der Waals surface area contributed by atoms with E-state index in [-0.39, 0.29) is 17.5 Å². The molecule has 3 aromatic carbocycles. The average Bonchev–Trinajstić information content (AvgIpc) is 3.29. The van der Waals surface area contributed by atoms with Gasteiger partial charge in [0.1, 0.15) is 17.0 Å². The molecular weight excluding hydrogens is 430 g/mol. The number of para-hydroxylation sites is 1. The fourth-order valence-electron chi connectivity index (χ4n) is 3.67. The van der Waals surface area contributed by atoms with Gasteiger partial charge in [-0.15, -0.1) is 0 Å². The monoisotopic (exact) mass is 451 g/mol. The Morgan fingerprint density at radius 2 is 1.74 bits per heavy atom. The van der Waals surface area contributed by atoms with Gasteiger partial charge in [0.2, 0.25) is 5.95 Å². The van der Waals surface area contributed by atoms with Gasteiger partial charge in [-0.2, -0.15) is 0 Å². The molecule has 168 valence electrons. The number of ether oxygens (including phenoxy) is 1. The van der Waals surface area contributed by atoms with Gasteiger partial charge < -0.3 is 15.0 Å². The number of anilines is 1. The van der Waals surface area contributed by atoms with E-state index < -0.39 is 5.91 Å². The maximum atomic E-state index is 12.8. The van der Waals surface area contributed by atoms with E-state index in [1.807, 2.05) is 48.5 Å². The van der Waals surface area contributed by atoms with E-state index in [1.165, 1.54) is 0 Å².